The van der Waals surface area contributed by atoms with Crippen molar-refractivity contribution in [1.82, 2.24) is 63.4 Å². The van der Waals surface area contributed by atoms with E-state index < -0.39 is 205 Å². The Labute approximate surface area is 688 Å². The van der Waals surface area contributed by atoms with Crippen LogP contribution in [0.3, 0.4) is 0 Å². The number of thioether (sulfide) groups is 1. The van der Waals surface area contributed by atoms with Gasteiger partial charge in [0.2, 0.25) is 70.9 Å². The topological polar surface area (TPSA) is 627 Å². The van der Waals surface area contributed by atoms with Crippen LogP contribution in [0.2, 0.25) is 0 Å². The van der Waals surface area contributed by atoms with Crippen LogP contribution in [0.5, 0.6) is 0 Å². The average molecular weight is 1670 g/mol. The van der Waals surface area contributed by atoms with Gasteiger partial charge in [0.1, 0.15) is 72.5 Å². The van der Waals surface area contributed by atoms with Gasteiger partial charge in [-0.1, -0.05) is 149 Å². The minimum absolute atomic E-state index is 0.00194. The number of carbonyl (C=O) groups is 15. The van der Waals surface area contributed by atoms with Crippen molar-refractivity contribution in [1.29, 1.82) is 0 Å². The lowest BCUT2D eigenvalue weighted by molar-refractivity contribution is -0.145. The summed E-state index contributed by atoms with van der Waals surface area (Å²) in [6, 6.07) is -2.45. The highest BCUT2D eigenvalue weighted by atomic mass is 32.2. The summed E-state index contributed by atoms with van der Waals surface area (Å²) in [5.74, 6) is -18.2. The fourth-order valence-electron chi connectivity index (χ4n) is 12.1. The first-order chi connectivity index (χ1) is 55.1. The van der Waals surface area contributed by atoms with Gasteiger partial charge in [0.25, 0.3) is 0 Å². The maximum atomic E-state index is 14.9. The zero-order valence-electron chi connectivity index (χ0n) is 69.2. The normalized spacial score (nSPS) is 15.3. The number of amides is 12. The van der Waals surface area contributed by atoms with E-state index in [0.29, 0.717) is 16.9 Å². The SMILES string of the molecule is CC[C@H](C)[C@H](NC(=O)[C@H](CCCN=C(N)N)NC(=O)[C@H](CO)N(C)C(=O)[C@@H](NC(=O)[C@H](CCCN=C(N)N)NC(=O)[C@H](CCSC)NC(=O)[C@@H](N)CCC(=O)O)[C@@H](C)CC)C(=O)N[C@H](C(=O)N[C@@H](CC(C)C)C(=O)N[C@@H](CC(=O)O)C(=O)N[C@@H](Cc1ccccc1)C(=O)N[C@@H](CC(C)C)C(=O)N[C@@H](Cc1ccccc1)C(=O)O)[C@@H](C)CC. The second-order valence-corrected chi connectivity index (χ2v) is 31.0. The van der Waals surface area contributed by atoms with E-state index in [2.05, 4.69) is 68.5 Å². The zero-order valence-corrected chi connectivity index (χ0v) is 70.0. The van der Waals surface area contributed by atoms with Crippen LogP contribution in [-0.2, 0) is 84.8 Å². The van der Waals surface area contributed by atoms with Gasteiger partial charge in [-0.2, -0.15) is 11.8 Å². The van der Waals surface area contributed by atoms with E-state index in [0.717, 1.165) is 4.90 Å². The lowest BCUT2D eigenvalue weighted by atomic mass is 9.94. The molecule has 0 saturated heterocycles. The quantitative estimate of drug-likeness (QED) is 0.0203. The lowest BCUT2D eigenvalue weighted by Gasteiger charge is -2.34. The Morgan fingerprint density at radius 2 is 0.778 bits per heavy atom. The summed E-state index contributed by atoms with van der Waals surface area (Å²) in [6.45, 7) is 15.9. The molecular weight excluding hydrogens is 1540 g/mol. The monoisotopic (exact) mass is 1670 g/mol. The van der Waals surface area contributed by atoms with E-state index in [-0.39, 0.29) is 120 Å². The van der Waals surface area contributed by atoms with Crippen LogP contribution in [0, 0.1) is 29.6 Å². The molecule has 654 valence electrons. The fraction of sp³-hybridized carbons (Fsp3) is 0.628. The molecule has 2 rings (SSSR count). The molecule has 0 spiro atoms. The van der Waals surface area contributed by atoms with Crippen molar-refractivity contribution in [2.45, 2.75) is 244 Å². The van der Waals surface area contributed by atoms with Gasteiger partial charge in [-0.05, 0) is 104 Å². The molecule has 0 radical (unpaired) electrons. The predicted molar refractivity (Wildman–Crippen MR) is 440 cm³/mol. The number of aliphatic carboxylic acids is 3. The number of likely N-dealkylation sites (N-methyl/N-ethyl adjacent to an activating group) is 1. The summed E-state index contributed by atoms with van der Waals surface area (Å²) < 4.78 is 0. The van der Waals surface area contributed by atoms with E-state index in [1.54, 1.807) is 136 Å². The van der Waals surface area contributed by atoms with Gasteiger partial charge in [0, 0.05) is 39.4 Å². The molecule has 25 N–H and O–H groups in total. The van der Waals surface area contributed by atoms with Gasteiger partial charge in [-0.25, -0.2) is 4.79 Å². The van der Waals surface area contributed by atoms with Crippen LogP contribution in [0.1, 0.15) is 164 Å². The number of carboxylic acid groups (broad SMARTS) is 3. The average Bonchev–Trinajstić information content (AvgIpc) is 0.814. The maximum absolute atomic E-state index is 14.9. The number of aliphatic hydroxyl groups is 1. The summed E-state index contributed by atoms with van der Waals surface area (Å²) in [5.41, 5.74) is 29.4. The summed E-state index contributed by atoms with van der Waals surface area (Å²) in [4.78, 5) is 218. The number of benzene rings is 2. The number of aliphatic imine (C=N–C) groups is 2. The summed E-state index contributed by atoms with van der Waals surface area (Å²) >= 11 is 1.35. The van der Waals surface area contributed by atoms with Gasteiger partial charge in [-0.3, -0.25) is 77.1 Å². The molecule has 2 aromatic rings. The predicted octanol–water partition coefficient (Wildman–Crippen LogP) is -1.53. The van der Waals surface area contributed by atoms with Crippen molar-refractivity contribution in [3.63, 3.8) is 0 Å². The van der Waals surface area contributed by atoms with Crippen LogP contribution in [0.25, 0.3) is 0 Å². The molecule has 0 saturated carbocycles. The van der Waals surface area contributed by atoms with Gasteiger partial charge < -0.3 is 112 Å². The molecule has 2 aromatic carbocycles. The molecule has 0 aromatic heterocycles. The molecule has 0 fully saturated rings. The highest BCUT2D eigenvalue weighted by Crippen LogP contribution is 2.19. The van der Waals surface area contributed by atoms with Gasteiger partial charge in [-0.15, -0.1) is 0 Å². The Morgan fingerprint density at radius 3 is 1.21 bits per heavy atom. The van der Waals surface area contributed by atoms with E-state index in [1.807, 2.05) is 0 Å². The number of hydrogen-bond donors (Lipinski definition) is 20. The number of rotatable bonds is 56. The third kappa shape index (κ3) is 37.8. The van der Waals surface area contributed by atoms with E-state index in [4.69, 9.17) is 33.8 Å². The first kappa shape index (κ1) is 102. The number of aliphatic hydroxyl groups excluding tert-OH is 1. The second-order valence-electron chi connectivity index (χ2n) is 30.0. The number of carbonyl (C=O) groups excluding carboxylic acids is 12. The highest BCUT2D eigenvalue weighted by molar-refractivity contribution is 7.98. The van der Waals surface area contributed by atoms with Gasteiger partial charge in [0.15, 0.2) is 11.9 Å². The summed E-state index contributed by atoms with van der Waals surface area (Å²) in [5, 5.41) is 69.1. The van der Waals surface area contributed by atoms with Crippen molar-refractivity contribution in [3.8, 4) is 0 Å². The smallest absolute Gasteiger partial charge is 0.326 e. The molecule has 0 bridgehead atoms. The van der Waals surface area contributed by atoms with Crippen LogP contribution in [0.4, 0.5) is 0 Å². The number of nitrogens with one attached hydrogen (secondary N) is 11. The van der Waals surface area contributed by atoms with Crippen molar-refractivity contribution in [2.75, 3.05) is 38.8 Å². The van der Waals surface area contributed by atoms with Crippen molar-refractivity contribution >= 4 is 112 Å². The molecule has 12 amide bonds. The Bertz CT molecular complexity index is 3650. The van der Waals surface area contributed by atoms with Crippen molar-refractivity contribution in [2.24, 2.45) is 68.2 Å². The van der Waals surface area contributed by atoms with E-state index in [1.165, 1.54) is 18.8 Å². The zero-order chi connectivity index (χ0) is 88.3. The Balaban J connectivity index is 2.58. The van der Waals surface area contributed by atoms with Crippen LogP contribution >= 0.6 is 11.8 Å². The number of hydrogen-bond acceptors (Lipinski definition) is 20. The van der Waals surface area contributed by atoms with Crippen molar-refractivity contribution < 1.29 is 92.3 Å². The first-order valence-electron chi connectivity index (χ1n) is 39.4. The third-order valence-electron chi connectivity index (χ3n) is 19.6. The van der Waals surface area contributed by atoms with Crippen LogP contribution < -0.4 is 87.2 Å². The molecule has 0 unspecified atom stereocenters. The minimum atomic E-state index is -1.91. The second kappa shape index (κ2) is 53.5. The lowest BCUT2D eigenvalue weighted by Crippen LogP contribution is -2.63. The fourth-order valence-corrected chi connectivity index (χ4v) is 12.6. The van der Waals surface area contributed by atoms with Gasteiger partial charge >= 0.3 is 17.9 Å². The Kier molecular flexibility index (Phi) is 46.8. The molecule has 0 aliphatic rings. The molecule has 16 atom stereocenters. The summed E-state index contributed by atoms with van der Waals surface area (Å²) in [7, 11) is 1.17. The molecule has 0 aliphatic heterocycles. The minimum Gasteiger partial charge on any atom is -0.481 e. The Hall–Kier alpha value is -10.7. The number of nitrogens with two attached hydrogens (primary N) is 5. The largest absolute Gasteiger partial charge is 0.481 e. The van der Waals surface area contributed by atoms with Crippen LogP contribution in [0.15, 0.2) is 70.6 Å². The maximum Gasteiger partial charge on any atom is 0.326 e. The first-order valence-corrected chi connectivity index (χ1v) is 40.8. The summed E-state index contributed by atoms with van der Waals surface area (Å²) in [6.07, 6.45) is 0.246. The molecule has 39 heteroatoms. The number of guanidine groups is 2. The molecule has 0 heterocycles. The number of nitrogens with zero attached hydrogens (tertiary/aromatic N) is 3. The number of carboxylic acids is 3. The molecule has 117 heavy (non-hydrogen) atoms. The highest BCUT2D eigenvalue weighted by Gasteiger charge is 2.41. The Morgan fingerprint density at radius 1 is 0.427 bits per heavy atom. The van der Waals surface area contributed by atoms with E-state index in [9.17, 15) is 87.2 Å². The molecule has 38 nitrogen and oxygen atoms in total. The molecule has 0 aliphatic carbocycles. The van der Waals surface area contributed by atoms with Crippen LogP contribution in [-0.4, -0.2) is 243 Å². The third-order valence-corrected chi connectivity index (χ3v) is 20.2. The standard InChI is InChI=1S/C78H127N19O19S/c1-13-44(8)61(73(112)92-54(37-43(6)7)68(107)91-56(40-60(101)102)71(110)90-55(38-47-24-18-16-19-25-47)70(109)89-53(36-42(4)5)69(108)93-57(76(115)116)39-48-26-20-17-21-27-48)95-74(113)62(45(9)14-2)94-66(105)51(29-23-34-85-78(82)83)88-72(111)58(41-98)97(11)75(114)63(46(10)15-3)96-67(106)50(28-22-33-84-77(80)81)87-65(104)52(32-35-117-12)86-64(103)49(79)30-31-59(99)100/h16-21,24-27,42-46,49-58,61-63,98H,13-15,22-23,28-41,79H2,1-12H3,(H,86,103)(H,87,104)(H,88,111)(H,89,109)(H,90,110)(H,91,107)(H,92,112)(H,93,108)(H,94,105)(H,95,113)(H,96,106)(H,99,100)(H,101,102)(H,115,116)(H4,80,81,84)(H4,82,83,85)/t44-,45-,46-,49-,50-,51-,52-,53-,54-,55-,56-,57-,58-,61-,62-,63-/m0/s1. The van der Waals surface area contributed by atoms with Crippen molar-refractivity contribution in [3.05, 3.63) is 71.8 Å². The van der Waals surface area contributed by atoms with Gasteiger partial charge in [0.05, 0.1) is 19.1 Å². The van der Waals surface area contributed by atoms with E-state index >= 15 is 0 Å². The molecular formula is C78H127N19O19S.